The van der Waals surface area contributed by atoms with Gasteiger partial charge < -0.3 is 19.8 Å². The highest BCUT2D eigenvalue weighted by atomic mass is 16.5. The average Bonchev–Trinajstić information content (AvgIpc) is 2.64. The minimum Gasteiger partial charge on any atom is -0.493 e. The van der Waals surface area contributed by atoms with E-state index in [1.54, 1.807) is 14.2 Å². The van der Waals surface area contributed by atoms with Crippen molar-refractivity contribution in [1.82, 2.24) is 9.55 Å². The number of methoxy groups -OCH3 is 2. The van der Waals surface area contributed by atoms with Gasteiger partial charge in [0.1, 0.15) is 0 Å². The van der Waals surface area contributed by atoms with Gasteiger partial charge in [0.25, 0.3) is 0 Å². The maximum Gasteiger partial charge on any atom is 0.201 e. The molecule has 0 bridgehead atoms. The molecule has 0 amide bonds. The molecule has 5 heteroatoms. The molecule has 0 radical (unpaired) electrons. The van der Waals surface area contributed by atoms with Crippen molar-refractivity contribution in [3.63, 3.8) is 0 Å². The lowest BCUT2D eigenvalue weighted by molar-refractivity contribution is 0.355. The van der Waals surface area contributed by atoms with Gasteiger partial charge in [0.05, 0.1) is 25.3 Å². The molecular formula is C12H17N3O2. The number of rotatable bonds is 4. The summed E-state index contributed by atoms with van der Waals surface area (Å²) in [4.78, 5) is 4.32. The Kier molecular flexibility index (Phi) is 3.08. The van der Waals surface area contributed by atoms with E-state index in [-0.39, 0.29) is 0 Å². The molecule has 0 aliphatic rings. The molecule has 0 unspecified atom stereocenters. The monoisotopic (exact) mass is 235 g/mol. The smallest absolute Gasteiger partial charge is 0.201 e. The van der Waals surface area contributed by atoms with E-state index in [0.29, 0.717) is 17.4 Å². The normalized spacial score (nSPS) is 10.8. The molecule has 92 valence electrons. The van der Waals surface area contributed by atoms with Crippen molar-refractivity contribution < 1.29 is 9.47 Å². The summed E-state index contributed by atoms with van der Waals surface area (Å²) in [6, 6.07) is 3.75. The first-order chi connectivity index (χ1) is 8.21. The van der Waals surface area contributed by atoms with Gasteiger partial charge in [0.2, 0.25) is 5.95 Å². The highest BCUT2D eigenvalue weighted by molar-refractivity contribution is 5.82. The highest BCUT2D eigenvalue weighted by Gasteiger charge is 2.12. The summed E-state index contributed by atoms with van der Waals surface area (Å²) in [5, 5.41) is 0. The van der Waals surface area contributed by atoms with Crippen LogP contribution in [-0.4, -0.2) is 23.8 Å². The van der Waals surface area contributed by atoms with E-state index < -0.39 is 0 Å². The number of imidazole rings is 1. The van der Waals surface area contributed by atoms with Crippen LogP contribution in [-0.2, 0) is 6.54 Å². The highest BCUT2D eigenvalue weighted by Crippen LogP contribution is 2.32. The van der Waals surface area contributed by atoms with Gasteiger partial charge in [-0.05, 0) is 6.42 Å². The zero-order chi connectivity index (χ0) is 12.4. The Morgan fingerprint density at radius 3 is 2.47 bits per heavy atom. The number of benzene rings is 1. The number of nitrogens with two attached hydrogens (primary N) is 1. The van der Waals surface area contributed by atoms with Crippen LogP contribution in [0.5, 0.6) is 11.5 Å². The van der Waals surface area contributed by atoms with Crippen molar-refractivity contribution >= 4 is 17.0 Å². The predicted octanol–water partition coefficient (Wildman–Crippen LogP) is 2.05. The van der Waals surface area contributed by atoms with Crippen molar-refractivity contribution in [1.29, 1.82) is 0 Å². The topological polar surface area (TPSA) is 62.3 Å². The quantitative estimate of drug-likeness (QED) is 0.881. The summed E-state index contributed by atoms with van der Waals surface area (Å²) >= 11 is 0. The summed E-state index contributed by atoms with van der Waals surface area (Å²) in [7, 11) is 3.23. The average molecular weight is 235 g/mol. The van der Waals surface area contributed by atoms with E-state index in [0.717, 1.165) is 24.0 Å². The maximum atomic E-state index is 5.89. The molecule has 2 aromatic rings. The van der Waals surface area contributed by atoms with Crippen LogP contribution in [0.2, 0.25) is 0 Å². The van der Waals surface area contributed by atoms with E-state index in [1.807, 2.05) is 16.7 Å². The first kappa shape index (κ1) is 11.6. The van der Waals surface area contributed by atoms with E-state index in [1.165, 1.54) is 0 Å². The molecule has 2 rings (SSSR count). The Labute approximate surface area is 100 Å². The number of hydrogen-bond donors (Lipinski definition) is 1. The van der Waals surface area contributed by atoms with Gasteiger partial charge in [-0.15, -0.1) is 0 Å². The number of aromatic nitrogens is 2. The Morgan fingerprint density at radius 2 is 1.88 bits per heavy atom. The molecule has 1 aromatic carbocycles. The van der Waals surface area contributed by atoms with E-state index in [4.69, 9.17) is 15.2 Å². The number of aryl methyl sites for hydroxylation is 1. The standard InChI is InChI=1S/C12H17N3O2/c1-4-5-15-9-7-11(17-3)10(16-2)6-8(9)14-12(15)13/h6-7H,4-5H2,1-3H3,(H2,13,14). The Bertz CT molecular complexity index is 534. The zero-order valence-corrected chi connectivity index (χ0v) is 10.4. The maximum absolute atomic E-state index is 5.89. The number of fused-ring (bicyclic) bond motifs is 1. The molecule has 0 fully saturated rings. The summed E-state index contributed by atoms with van der Waals surface area (Å²) in [5.41, 5.74) is 7.69. The van der Waals surface area contributed by atoms with Crippen LogP contribution in [0.4, 0.5) is 5.95 Å². The molecule has 0 spiro atoms. The molecule has 0 saturated heterocycles. The molecular weight excluding hydrogens is 218 g/mol. The summed E-state index contributed by atoms with van der Waals surface area (Å²) in [5.74, 6) is 1.88. The van der Waals surface area contributed by atoms with E-state index in [9.17, 15) is 0 Å². The van der Waals surface area contributed by atoms with Crippen LogP contribution < -0.4 is 15.2 Å². The van der Waals surface area contributed by atoms with Crippen LogP contribution in [0.25, 0.3) is 11.0 Å². The molecule has 17 heavy (non-hydrogen) atoms. The first-order valence-electron chi connectivity index (χ1n) is 5.59. The first-order valence-corrected chi connectivity index (χ1v) is 5.59. The molecule has 2 N–H and O–H groups in total. The number of hydrogen-bond acceptors (Lipinski definition) is 4. The fourth-order valence-corrected chi connectivity index (χ4v) is 1.93. The van der Waals surface area contributed by atoms with Crippen LogP contribution in [0.1, 0.15) is 13.3 Å². The van der Waals surface area contributed by atoms with Gasteiger partial charge in [0.15, 0.2) is 11.5 Å². The van der Waals surface area contributed by atoms with Crippen LogP contribution >= 0.6 is 0 Å². The second-order valence-corrected chi connectivity index (χ2v) is 3.82. The summed E-state index contributed by atoms with van der Waals surface area (Å²) in [6.45, 7) is 2.95. The molecule has 1 aromatic heterocycles. The molecule has 1 heterocycles. The van der Waals surface area contributed by atoms with E-state index >= 15 is 0 Å². The Balaban J connectivity index is 2.65. The van der Waals surface area contributed by atoms with Gasteiger partial charge in [-0.3, -0.25) is 0 Å². The lowest BCUT2D eigenvalue weighted by Gasteiger charge is -2.08. The molecule has 0 saturated carbocycles. The second-order valence-electron chi connectivity index (χ2n) is 3.82. The number of nitrogens with zero attached hydrogens (tertiary/aromatic N) is 2. The van der Waals surface area contributed by atoms with E-state index in [2.05, 4.69) is 11.9 Å². The third-order valence-electron chi connectivity index (χ3n) is 2.73. The van der Waals surface area contributed by atoms with Crippen LogP contribution in [0.15, 0.2) is 12.1 Å². The number of anilines is 1. The predicted molar refractivity (Wildman–Crippen MR) is 67.5 cm³/mol. The molecule has 0 aliphatic carbocycles. The third-order valence-corrected chi connectivity index (χ3v) is 2.73. The largest absolute Gasteiger partial charge is 0.493 e. The van der Waals surface area contributed by atoms with Crippen LogP contribution in [0.3, 0.4) is 0 Å². The second kappa shape index (κ2) is 4.53. The Morgan fingerprint density at radius 1 is 1.24 bits per heavy atom. The molecule has 0 aliphatic heterocycles. The third kappa shape index (κ3) is 1.88. The fourth-order valence-electron chi connectivity index (χ4n) is 1.93. The van der Waals surface area contributed by atoms with Gasteiger partial charge in [0, 0.05) is 18.7 Å². The Hall–Kier alpha value is -1.91. The van der Waals surface area contributed by atoms with Crippen molar-refractivity contribution in [3.05, 3.63) is 12.1 Å². The molecule has 5 nitrogen and oxygen atoms in total. The van der Waals surface area contributed by atoms with Crippen LogP contribution in [0, 0.1) is 0 Å². The minimum atomic E-state index is 0.525. The SMILES string of the molecule is CCCn1c(N)nc2cc(OC)c(OC)cc21. The number of ether oxygens (including phenoxy) is 2. The lowest BCUT2D eigenvalue weighted by atomic mass is 10.2. The van der Waals surface area contributed by atoms with Gasteiger partial charge in [-0.2, -0.15) is 0 Å². The summed E-state index contributed by atoms with van der Waals surface area (Å²) in [6.07, 6.45) is 1.00. The molecule has 0 atom stereocenters. The summed E-state index contributed by atoms with van der Waals surface area (Å²) < 4.78 is 12.5. The van der Waals surface area contributed by atoms with Gasteiger partial charge >= 0.3 is 0 Å². The van der Waals surface area contributed by atoms with Gasteiger partial charge in [-0.25, -0.2) is 4.98 Å². The van der Waals surface area contributed by atoms with Crippen molar-refractivity contribution in [2.24, 2.45) is 0 Å². The van der Waals surface area contributed by atoms with Crippen molar-refractivity contribution in [2.45, 2.75) is 19.9 Å². The van der Waals surface area contributed by atoms with Gasteiger partial charge in [-0.1, -0.05) is 6.92 Å². The lowest BCUT2D eigenvalue weighted by Crippen LogP contribution is -2.02. The van der Waals surface area contributed by atoms with Crippen molar-refractivity contribution in [3.8, 4) is 11.5 Å². The minimum absolute atomic E-state index is 0.525. The fraction of sp³-hybridized carbons (Fsp3) is 0.417. The zero-order valence-electron chi connectivity index (χ0n) is 10.4. The van der Waals surface area contributed by atoms with Crippen molar-refractivity contribution in [2.75, 3.05) is 20.0 Å². The number of nitrogen functional groups attached to an aromatic ring is 1.